The first kappa shape index (κ1) is 15.9. The van der Waals surface area contributed by atoms with Crippen LogP contribution < -0.4 is 5.32 Å². The van der Waals surface area contributed by atoms with E-state index < -0.39 is 10.2 Å². The van der Waals surface area contributed by atoms with Crippen LogP contribution in [0.5, 0.6) is 0 Å². The van der Waals surface area contributed by atoms with Gasteiger partial charge in [-0.2, -0.15) is 17.0 Å². The molecular formula is C12H27N3O2S. The van der Waals surface area contributed by atoms with E-state index in [1.54, 1.807) is 18.4 Å². The van der Waals surface area contributed by atoms with Crippen LogP contribution in [0, 0.1) is 5.92 Å². The van der Waals surface area contributed by atoms with Crippen molar-refractivity contribution in [2.45, 2.75) is 39.2 Å². The van der Waals surface area contributed by atoms with Crippen molar-refractivity contribution in [2.24, 2.45) is 5.92 Å². The fourth-order valence-corrected chi connectivity index (χ4v) is 3.31. The Kier molecular flexibility index (Phi) is 5.17. The van der Waals surface area contributed by atoms with Gasteiger partial charge in [-0.25, -0.2) is 0 Å². The van der Waals surface area contributed by atoms with E-state index in [1.807, 2.05) is 0 Å². The van der Waals surface area contributed by atoms with Crippen LogP contribution in [0.25, 0.3) is 0 Å². The summed E-state index contributed by atoms with van der Waals surface area (Å²) in [5, 5.41) is 3.46. The van der Waals surface area contributed by atoms with Crippen molar-refractivity contribution in [3.05, 3.63) is 0 Å². The van der Waals surface area contributed by atoms with E-state index in [1.165, 1.54) is 4.31 Å². The predicted octanol–water partition coefficient (Wildman–Crippen LogP) is 0.893. The highest BCUT2D eigenvalue weighted by Crippen LogP contribution is 2.20. The van der Waals surface area contributed by atoms with E-state index >= 15 is 0 Å². The van der Waals surface area contributed by atoms with Crippen LogP contribution >= 0.6 is 0 Å². The molecule has 1 atom stereocenters. The molecule has 1 N–H and O–H groups in total. The van der Waals surface area contributed by atoms with Crippen molar-refractivity contribution < 1.29 is 8.42 Å². The van der Waals surface area contributed by atoms with Gasteiger partial charge in [-0.05, 0) is 46.1 Å². The summed E-state index contributed by atoms with van der Waals surface area (Å²) in [6.45, 7) is 8.54. The molecule has 0 spiro atoms. The Labute approximate surface area is 112 Å². The zero-order chi connectivity index (χ0) is 14.0. The summed E-state index contributed by atoms with van der Waals surface area (Å²) in [5.74, 6) is 0.410. The van der Waals surface area contributed by atoms with Crippen LogP contribution in [-0.2, 0) is 10.2 Å². The number of hydrogen-bond acceptors (Lipinski definition) is 3. The molecule has 1 saturated heterocycles. The second-order valence-corrected chi connectivity index (χ2v) is 8.43. The largest absolute Gasteiger partial charge is 0.312 e. The summed E-state index contributed by atoms with van der Waals surface area (Å²) in [7, 11) is -0.0685. The molecule has 0 saturated carbocycles. The van der Waals surface area contributed by atoms with Gasteiger partial charge in [0.25, 0.3) is 10.2 Å². The Balaban J connectivity index is 2.57. The minimum Gasteiger partial charge on any atom is -0.312 e. The number of nitrogens with one attached hydrogen (secondary N) is 1. The number of rotatable bonds is 4. The first-order valence-corrected chi connectivity index (χ1v) is 7.95. The summed E-state index contributed by atoms with van der Waals surface area (Å²) in [5.41, 5.74) is 0.0860. The van der Waals surface area contributed by atoms with Gasteiger partial charge in [0.15, 0.2) is 0 Å². The van der Waals surface area contributed by atoms with Gasteiger partial charge < -0.3 is 5.32 Å². The van der Waals surface area contributed by atoms with Crippen LogP contribution in [0.4, 0.5) is 0 Å². The molecule has 1 fully saturated rings. The third kappa shape index (κ3) is 4.50. The SMILES string of the molecule is CN(C)S(=O)(=O)N1CCCC(CNC(C)(C)C)C1. The Morgan fingerprint density at radius 2 is 1.94 bits per heavy atom. The average molecular weight is 277 g/mol. The van der Waals surface area contributed by atoms with Gasteiger partial charge in [-0.1, -0.05) is 0 Å². The van der Waals surface area contributed by atoms with Gasteiger partial charge >= 0.3 is 0 Å². The van der Waals surface area contributed by atoms with Crippen molar-refractivity contribution in [1.29, 1.82) is 0 Å². The maximum absolute atomic E-state index is 12.1. The summed E-state index contributed by atoms with van der Waals surface area (Å²) >= 11 is 0. The minimum atomic E-state index is -3.25. The van der Waals surface area contributed by atoms with E-state index in [4.69, 9.17) is 0 Å². The highest BCUT2D eigenvalue weighted by Gasteiger charge is 2.30. The van der Waals surface area contributed by atoms with Crippen LogP contribution in [-0.4, -0.2) is 56.3 Å². The van der Waals surface area contributed by atoms with Gasteiger partial charge in [0, 0.05) is 32.7 Å². The molecule has 1 rings (SSSR count). The lowest BCUT2D eigenvalue weighted by atomic mass is 9.98. The van der Waals surface area contributed by atoms with E-state index in [-0.39, 0.29) is 5.54 Å². The fourth-order valence-electron chi connectivity index (χ4n) is 2.08. The zero-order valence-electron chi connectivity index (χ0n) is 12.2. The second kappa shape index (κ2) is 5.86. The molecule has 108 valence electrons. The third-order valence-electron chi connectivity index (χ3n) is 3.19. The lowest BCUT2D eigenvalue weighted by Gasteiger charge is -2.35. The topological polar surface area (TPSA) is 52.7 Å². The van der Waals surface area contributed by atoms with Crippen LogP contribution in [0.1, 0.15) is 33.6 Å². The molecule has 1 aliphatic rings. The van der Waals surface area contributed by atoms with E-state index in [2.05, 4.69) is 26.1 Å². The first-order valence-electron chi connectivity index (χ1n) is 6.55. The highest BCUT2D eigenvalue weighted by atomic mass is 32.2. The molecule has 5 nitrogen and oxygen atoms in total. The monoisotopic (exact) mass is 277 g/mol. The smallest absolute Gasteiger partial charge is 0.281 e. The summed E-state index contributed by atoms with van der Waals surface area (Å²) in [6, 6.07) is 0. The van der Waals surface area contributed by atoms with Gasteiger partial charge in [-0.3, -0.25) is 0 Å². The molecule has 0 radical (unpaired) electrons. The molecule has 0 aromatic carbocycles. The van der Waals surface area contributed by atoms with E-state index in [0.717, 1.165) is 19.4 Å². The molecule has 6 heteroatoms. The Morgan fingerprint density at radius 1 is 1.33 bits per heavy atom. The van der Waals surface area contributed by atoms with Crippen molar-refractivity contribution in [1.82, 2.24) is 13.9 Å². The van der Waals surface area contributed by atoms with Gasteiger partial charge in [0.05, 0.1) is 0 Å². The van der Waals surface area contributed by atoms with Gasteiger partial charge in [-0.15, -0.1) is 0 Å². The Bertz CT molecular complexity index is 360. The number of nitrogens with zero attached hydrogens (tertiary/aromatic N) is 2. The lowest BCUT2D eigenvalue weighted by Crippen LogP contribution is -2.48. The molecule has 1 aliphatic heterocycles. The van der Waals surface area contributed by atoms with Crippen molar-refractivity contribution in [3.63, 3.8) is 0 Å². The molecular weight excluding hydrogens is 250 g/mol. The van der Waals surface area contributed by atoms with Crippen LogP contribution in [0.2, 0.25) is 0 Å². The standard InChI is InChI=1S/C12H27N3O2S/c1-12(2,3)13-9-11-7-6-8-15(10-11)18(16,17)14(4)5/h11,13H,6-10H2,1-5H3. The van der Waals surface area contributed by atoms with E-state index in [0.29, 0.717) is 19.0 Å². The minimum absolute atomic E-state index is 0.0860. The van der Waals surface area contributed by atoms with Crippen molar-refractivity contribution in [2.75, 3.05) is 33.7 Å². The van der Waals surface area contributed by atoms with Crippen LogP contribution in [0.15, 0.2) is 0 Å². The number of piperidine rings is 1. The molecule has 0 bridgehead atoms. The fraction of sp³-hybridized carbons (Fsp3) is 1.00. The molecule has 0 amide bonds. The maximum atomic E-state index is 12.1. The third-order valence-corrected chi connectivity index (χ3v) is 5.10. The molecule has 1 unspecified atom stereocenters. The van der Waals surface area contributed by atoms with Crippen LogP contribution in [0.3, 0.4) is 0 Å². The summed E-state index contributed by atoms with van der Waals surface area (Å²) < 4.78 is 27.0. The normalized spacial score (nSPS) is 23.6. The molecule has 0 aliphatic carbocycles. The first-order chi connectivity index (χ1) is 8.13. The average Bonchev–Trinajstić information content (AvgIpc) is 2.25. The molecule has 18 heavy (non-hydrogen) atoms. The highest BCUT2D eigenvalue weighted by molar-refractivity contribution is 7.86. The molecule has 1 heterocycles. The van der Waals surface area contributed by atoms with Crippen molar-refractivity contribution in [3.8, 4) is 0 Å². The summed E-state index contributed by atoms with van der Waals surface area (Å²) in [4.78, 5) is 0. The molecule has 0 aromatic heterocycles. The second-order valence-electron chi connectivity index (χ2n) is 6.29. The maximum Gasteiger partial charge on any atom is 0.281 e. The molecule has 0 aromatic rings. The van der Waals surface area contributed by atoms with Crippen molar-refractivity contribution >= 4 is 10.2 Å². The zero-order valence-corrected chi connectivity index (χ0v) is 13.0. The summed E-state index contributed by atoms with van der Waals surface area (Å²) in [6.07, 6.45) is 2.05. The predicted molar refractivity (Wildman–Crippen MR) is 74.7 cm³/mol. The number of hydrogen-bond donors (Lipinski definition) is 1. The quantitative estimate of drug-likeness (QED) is 0.830. The lowest BCUT2D eigenvalue weighted by molar-refractivity contribution is 0.237. The van der Waals surface area contributed by atoms with E-state index in [9.17, 15) is 8.42 Å². The van der Waals surface area contributed by atoms with Gasteiger partial charge in [0.1, 0.15) is 0 Å². The Hall–Kier alpha value is -0.170. The Morgan fingerprint density at radius 3 is 2.44 bits per heavy atom. The van der Waals surface area contributed by atoms with Gasteiger partial charge in [0.2, 0.25) is 0 Å².